The van der Waals surface area contributed by atoms with E-state index in [1.54, 1.807) is 11.3 Å². The number of hydrogen-bond acceptors (Lipinski definition) is 2. The highest BCUT2D eigenvalue weighted by Crippen LogP contribution is 2.23. The van der Waals surface area contributed by atoms with Crippen molar-refractivity contribution < 1.29 is 0 Å². The zero-order valence-corrected chi connectivity index (χ0v) is 11.8. The van der Waals surface area contributed by atoms with Crippen molar-refractivity contribution >= 4 is 45.6 Å². The summed E-state index contributed by atoms with van der Waals surface area (Å²) in [6, 6.07) is 9.88. The van der Waals surface area contributed by atoms with Gasteiger partial charge in [0.25, 0.3) is 0 Å². The number of fused-ring (bicyclic) bond motifs is 1. The summed E-state index contributed by atoms with van der Waals surface area (Å²) in [5.74, 6) is 1.28. The van der Waals surface area contributed by atoms with Crippen LogP contribution in [-0.2, 0) is 12.4 Å². The van der Waals surface area contributed by atoms with Gasteiger partial charge in [-0.3, -0.25) is 0 Å². The maximum absolute atomic E-state index is 6.05. The fourth-order valence-corrected chi connectivity index (χ4v) is 3.05. The van der Waals surface area contributed by atoms with Crippen molar-refractivity contribution in [2.24, 2.45) is 0 Å². The molecule has 0 unspecified atom stereocenters. The largest absolute Gasteiger partial charge is 0.322 e. The first kappa shape index (κ1) is 12.0. The zero-order valence-electron chi connectivity index (χ0n) is 9.44. The van der Waals surface area contributed by atoms with E-state index in [0.717, 1.165) is 28.4 Å². The van der Waals surface area contributed by atoms with Crippen molar-refractivity contribution in [3.05, 3.63) is 51.4 Å². The number of benzene rings is 1. The van der Waals surface area contributed by atoms with E-state index in [-0.39, 0.29) is 0 Å². The molecule has 5 heteroatoms. The summed E-state index contributed by atoms with van der Waals surface area (Å²) in [5.41, 5.74) is 1.97. The molecule has 3 rings (SSSR count). The van der Waals surface area contributed by atoms with Gasteiger partial charge in [-0.1, -0.05) is 17.7 Å². The Morgan fingerprint density at radius 3 is 2.89 bits per heavy atom. The number of imidazole rings is 1. The minimum Gasteiger partial charge on any atom is -0.322 e. The van der Waals surface area contributed by atoms with E-state index in [1.165, 1.54) is 4.88 Å². The van der Waals surface area contributed by atoms with Crippen LogP contribution >= 0.6 is 34.5 Å². The Labute approximate surface area is 119 Å². The van der Waals surface area contributed by atoms with E-state index in [2.05, 4.69) is 21.0 Å². The molecule has 2 nitrogen and oxygen atoms in total. The fraction of sp³-hybridized carbons (Fsp3) is 0.154. The number of rotatable bonds is 3. The molecule has 1 aromatic carbocycles. The Morgan fingerprint density at radius 1 is 1.28 bits per heavy atom. The quantitative estimate of drug-likeness (QED) is 0.649. The predicted octanol–water partition coefficient (Wildman–Crippen LogP) is 4.54. The van der Waals surface area contributed by atoms with Gasteiger partial charge in [-0.2, -0.15) is 0 Å². The van der Waals surface area contributed by atoms with Crippen molar-refractivity contribution in [3.8, 4) is 0 Å². The molecule has 0 atom stereocenters. The predicted molar refractivity (Wildman–Crippen MR) is 77.7 cm³/mol. The Balaban J connectivity index is 2.15. The van der Waals surface area contributed by atoms with Gasteiger partial charge >= 0.3 is 0 Å². The molecule has 0 saturated heterocycles. The second-order valence-electron chi connectivity index (χ2n) is 3.96. The van der Waals surface area contributed by atoms with Gasteiger partial charge in [0.2, 0.25) is 0 Å². The first-order chi connectivity index (χ1) is 8.78. The third kappa shape index (κ3) is 2.14. The van der Waals surface area contributed by atoms with Crippen LogP contribution in [0.15, 0.2) is 35.7 Å². The number of nitrogens with zero attached hydrogens (tertiary/aromatic N) is 2. The fourth-order valence-electron chi connectivity index (χ4n) is 1.98. The molecule has 0 spiro atoms. The molecule has 0 aliphatic rings. The van der Waals surface area contributed by atoms with Crippen LogP contribution in [0.5, 0.6) is 0 Å². The highest BCUT2D eigenvalue weighted by Gasteiger charge is 2.11. The molecule has 0 aliphatic carbocycles. The van der Waals surface area contributed by atoms with Crippen LogP contribution in [-0.4, -0.2) is 9.55 Å². The summed E-state index contributed by atoms with van der Waals surface area (Å²) < 4.78 is 2.13. The van der Waals surface area contributed by atoms with Crippen LogP contribution in [0.25, 0.3) is 11.0 Å². The highest BCUT2D eigenvalue weighted by atomic mass is 35.5. The molecule has 2 heterocycles. The Hall–Kier alpha value is -1.03. The Kier molecular flexibility index (Phi) is 3.29. The maximum Gasteiger partial charge on any atom is 0.125 e. The van der Waals surface area contributed by atoms with Gasteiger partial charge in [-0.15, -0.1) is 22.9 Å². The van der Waals surface area contributed by atoms with Gasteiger partial charge in [-0.25, -0.2) is 4.98 Å². The molecule has 0 bridgehead atoms. The van der Waals surface area contributed by atoms with E-state index in [4.69, 9.17) is 23.2 Å². The average molecular weight is 297 g/mol. The summed E-state index contributed by atoms with van der Waals surface area (Å²) in [7, 11) is 0. The van der Waals surface area contributed by atoms with Gasteiger partial charge in [0.05, 0.1) is 23.5 Å². The first-order valence-corrected chi connectivity index (χ1v) is 7.30. The normalized spacial score (nSPS) is 11.2. The molecule has 2 aromatic heterocycles. The molecule has 0 amide bonds. The summed E-state index contributed by atoms with van der Waals surface area (Å²) >= 11 is 13.8. The lowest BCUT2D eigenvalue weighted by atomic mass is 10.3. The molecule has 18 heavy (non-hydrogen) atoms. The minimum atomic E-state index is 0.400. The number of aromatic nitrogens is 2. The van der Waals surface area contributed by atoms with E-state index in [0.29, 0.717) is 5.88 Å². The van der Waals surface area contributed by atoms with Crippen LogP contribution in [0.2, 0.25) is 5.02 Å². The summed E-state index contributed by atoms with van der Waals surface area (Å²) in [4.78, 5) is 5.81. The molecule has 0 N–H and O–H groups in total. The van der Waals surface area contributed by atoms with Crippen molar-refractivity contribution in [1.29, 1.82) is 0 Å². The van der Waals surface area contributed by atoms with E-state index in [1.807, 2.05) is 24.3 Å². The number of thiophene rings is 1. The second-order valence-corrected chi connectivity index (χ2v) is 5.70. The third-order valence-electron chi connectivity index (χ3n) is 2.80. The number of halogens is 2. The average Bonchev–Trinajstić information content (AvgIpc) is 2.98. The molecule has 92 valence electrons. The van der Waals surface area contributed by atoms with Crippen LogP contribution in [0, 0.1) is 0 Å². The monoisotopic (exact) mass is 296 g/mol. The molecule has 0 aliphatic heterocycles. The maximum atomic E-state index is 6.05. The van der Waals surface area contributed by atoms with Gasteiger partial charge in [-0.05, 0) is 29.6 Å². The number of alkyl halides is 1. The molecule has 0 fully saturated rings. The van der Waals surface area contributed by atoms with Gasteiger partial charge in [0, 0.05) is 9.90 Å². The van der Waals surface area contributed by atoms with Crippen LogP contribution in [0.4, 0.5) is 0 Å². The molecule has 0 saturated carbocycles. The zero-order chi connectivity index (χ0) is 12.5. The minimum absolute atomic E-state index is 0.400. The van der Waals surface area contributed by atoms with Crippen LogP contribution < -0.4 is 0 Å². The Bertz CT molecular complexity index is 674. The summed E-state index contributed by atoms with van der Waals surface area (Å²) in [5, 5.41) is 2.79. The lowest BCUT2D eigenvalue weighted by Crippen LogP contribution is -2.02. The first-order valence-electron chi connectivity index (χ1n) is 5.51. The lowest BCUT2D eigenvalue weighted by molar-refractivity contribution is 0.789. The van der Waals surface area contributed by atoms with Gasteiger partial charge < -0.3 is 4.57 Å². The molecule has 3 aromatic rings. The third-order valence-corrected chi connectivity index (χ3v) is 4.14. The SMILES string of the molecule is ClCc1nc2ccc(Cl)cc2n1Cc1cccs1. The standard InChI is InChI=1S/C13H10Cl2N2S/c14-7-13-16-11-4-3-9(15)6-12(11)17(13)8-10-2-1-5-18-10/h1-6H,7-8H2. The van der Waals surface area contributed by atoms with E-state index >= 15 is 0 Å². The van der Waals surface area contributed by atoms with Crippen molar-refractivity contribution in [2.75, 3.05) is 0 Å². The van der Waals surface area contributed by atoms with Crippen LogP contribution in [0.1, 0.15) is 10.7 Å². The Morgan fingerprint density at radius 2 is 2.17 bits per heavy atom. The molecular formula is C13H10Cl2N2S. The lowest BCUT2D eigenvalue weighted by Gasteiger charge is -2.06. The topological polar surface area (TPSA) is 17.8 Å². The van der Waals surface area contributed by atoms with Crippen molar-refractivity contribution in [1.82, 2.24) is 9.55 Å². The summed E-state index contributed by atoms with van der Waals surface area (Å²) in [6.07, 6.45) is 0. The van der Waals surface area contributed by atoms with Gasteiger partial charge in [0.15, 0.2) is 0 Å². The highest BCUT2D eigenvalue weighted by molar-refractivity contribution is 7.09. The smallest absolute Gasteiger partial charge is 0.125 e. The van der Waals surface area contributed by atoms with Crippen LogP contribution in [0.3, 0.4) is 0 Å². The van der Waals surface area contributed by atoms with E-state index < -0.39 is 0 Å². The van der Waals surface area contributed by atoms with Crippen molar-refractivity contribution in [3.63, 3.8) is 0 Å². The molecular weight excluding hydrogens is 287 g/mol. The van der Waals surface area contributed by atoms with Crippen molar-refractivity contribution in [2.45, 2.75) is 12.4 Å². The molecule has 0 radical (unpaired) electrons. The van der Waals surface area contributed by atoms with E-state index in [9.17, 15) is 0 Å². The number of hydrogen-bond donors (Lipinski definition) is 0. The summed E-state index contributed by atoms with van der Waals surface area (Å²) in [6.45, 7) is 0.788. The second kappa shape index (κ2) is 4.92. The van der Waals surface area contributed by atoms with Gasteiger partial charge in [0.1, 0.15) is 5.82 Å².